The molecule has 0 rings (SSSR count). The minimum atomic E-state index is -1.51. The molecule has 0 aromatic heterocycles. The molecule has 1 N–H and O–H groups in total. The fourth-order valence-corrected chi connectivity index (χ4v) is 1.05. The number of carbonyl (C=O) groups excluding carboxylic acids is 1. The van der Waals surface area contributed by atoms with Crippen molar-refractivity contribution in [2.24, 2.45) is 0 Å². The van der Waals surface area contributed by atoms with Crippen LogP contribution < -0.4 is 0 Å². The second-order valence-corrected chi connectivity index (χ2v) is 8.57. The van der Waals surface area contributed by atoms with E-state index in [-0.39, 0.29) is 18.6 Å². The number of aliphatic carboxylic acids is 1. The summed E-state index contributed by atoms with van der Waals surface area (Å²) in [5, 5.41) is 8.30. The monoisotopic (exact) mass is 198 g/mol. The second kappa shape index (κ2) is 4.82. The Morgan fingerprint density at radius 2 is 1.77 bits per heavy atom. The predicted molar refractivity (Wildman–Crippen MR) is 53.0 cm³/mol. The molecule has 0 amide bonds. The lowest BCUT2D eigenvalue weighted by molar-refractivity contribution is -0.138. The van der Waals surface area contributed by atoms with Crippen molar-refractivity contribution in [3.8, 4) is 11.5 Å². The smallest absolute Gasteiger partial charge is 0.303 e. The van der Waals surface area contributed by atoms with Gasteiger partial charge in [-0.2, -0.15) is 0 Å². The Labute approximate surface area is 79.2 Å². The van der Waals surface area contributed by atoms with E-state index in [0.717, 1.165) is 0 Å². The van der Waals surface area contributed by atoms with Gasteiger partial charge in [-0.25, -0.2) is 0 Å². The molecule has 72 valence electrons. The van der Waals surface area contributed by atoms with Crippen molar-refractivity contribution in [2.75, 3.05) is 0 Å². The molecule has 0 heterocycles. The van der Waals surface area contributed by atoms with Gasteiger partial charge in [0.1, 0.15) is 8.07 Å². The summed E-state index contributed by atoms with van der Waals surface area (Å²) in [4.78, 5) is 21.1. The van der Waals surface area contributed by atoms with Crippen LogP contribution in [0.1, 0.15) is 12.8 Å². The molecule has 0 spiro atoms. The second-order valence-electron chi connectivity index (χ2n) is 3.82. The average molecular weight is 198 g/mol. The summed E-state index contributed by atoms with van der Waals surface area (Å²) < 4.78 is 0. The van der Waals surface area contributed by atoms with Gasteiger partial charge in [-0.15, -0.1) is 5.54 Å². The molecule has 0 aromatic carbocycles. The molecule has 0 unspecified atom stereocenters. The lowest BCUT2D eigenvalue weighted by Gasteiger charge is -2.02. The molecule has 13 heavy (non-hydrogen) atoms. The summed E-state index contributed by atoms with van der Waals surface area (Å²) in [5.41, 5.74) is 2.89. The molecular formula is C9H14O3Si. The largest absolute Gasteiger partial charge is 0.481 e. The normalized spacial score (nSPS) is 10.1. The number of ketones is 1. The molecule has 0 saturated carbocycles. The van der Waals surface area contributed by atoms with Crippen molar-refractivity contribution >= 4 is 19.8 Å². The first-order valence-electron chi connectivity index (χ1n) is 4.09. The maximum absolute atomic E-state index is 11.0. The molecule has 0 radical (unpaired) electrons. The third kappa shape index (κ3) is 8.83. The molecule has 0 aliphatic heterocycles. The molecule has 0 bridgehead atoms. The molecule has 0 saturated heterocycles. The van der Waals surface area contributed by atoms with E-state index < -0.39 is 14.0 Å². The van der Waals surface area contributed by atoms with Crippen LogP contribution >= 0.6 is 0 Å². The van der Waals surface area contributed by atoms with Gasteiger partial charge >= 0.3 is 5.97 Å². The van der Waals surface area contributed by atoms with Gasteiger partial charge in [-0.3, -0.25) is 9.59 Å². The molecule has 0 aromatic rings. The number of hydrogen-bond donors (Lipinski definition) is 1. The van der Waals surface area contributed by atoms with Crippen molar-refractivity contribution in [1.29, 1.82) is 0 Å². The highest BCUT2D eigenvalue weighted by Crippen LogP contribution is 1.97. The Kier molecular flexibility index (Phi) is 4.42. The van der Waals surface area contributed by atoms with Crippen molar-refractivity contribution in [3.05, 3.63) is 0 Å². The zero-order valence-electron chi connectivity index (χ0n) is 8.18. The van der Waals surface area contributed by atoms with Crippen molar-refractivity contribution in [2.45, 2.75) is 32.5 Å². The maximum Gasteiger partial charge on any atom is 0.303 e. The molecule has 0 fully saturated rings. The minimum absolute atomic E-state index is 0.0206. The molecule has 3 nitrogen and oxygen atoms in total. The summed E-state index contributed by atoms with van der Waals surface area (Å²) in [6, 6.07) is 0. The molecule has 4 heteroatoms. The van der Waals surface area contributed by atoms with Crippen molar-refractivity contribution < 1.29 is 14.7 Å². The average Bonchev–Trinajstić information content (AvgIpc) is 1.95. The third-order valence-corrected chi connectivity index (χ3v) is 2.02. The van der Waals surface area contributed by atoms with E-state index in [0.29, 0.717) is 0 Å². The Bertz CT molecular complexity index is 265. The van der Waals surface area contributed by atoms with Gasteiger partial charge in [0.25, 0.3) is 0 Å². The summed E-state index contributed by atoms with van der Waals surface area (Å²) in [5.74, 6) is 1.26. The zero-order valence-corrected chi connectivity index (χ0v) is 9.18. The first-order valence-corrected chi connectivity index (χ1v) is 7.59. The zero-order chi connectivity index (χ0) is 10.5. The van der Waals surface area contributed by atoms with Gasteiger partial charge in [-0.1, -0.05) is 19.6 Å². The predicted octanol–water partition coefficient (Wildman–Crippen LogP) is 1.30. The highest BCUT2D eigenvalue weighted by atomic mass is 28.3. The van der Waals surface area contributed by atoms with E-state index in [1.165, 1.54) is 0 Å². The SMILES string of the molecule is C[Si](C)(C)C#CC(=O)CCC(=O)O. The van der Waals surface area contributed by atoms with E-state index in [4.69, 9.17) is 5.11 Å². The molecule has 0 aliphatic rings. The van der Waals surface area contributed by atoms with E-state index in [1.54, 1.807) is 0 Å². The van der Waals surface area contributed by atoms with Crippen LogP contribution in [0.25, 0.3) is 0 Å². The quantitative estimate of drug-likeness (QED) is 0.549. The fourth-order valence-electron chi connectivity index (χ4n) is 0.540. The highest BCUT2D eigenvalue weighted by molar-refractivity contribution is 6.84. The summed E-state index contributed by atoms with van der Waals surface area (Å²) in [6.07, 6.45) is -0.105. The summed E-state index contributed by atoms with van der Waals surface area (Å²) >= 11 is 0. The lowest BCUT2D eigenvalue weighted by Crippen LogP contribution is -2.17. The number of Topliss-reactive ketones (excluding diaryl/α,β-unsaturated/α-hetero) is 1. The Morgan fingerprint density at radius 3 is 2.15 bits per heavy atom. The maximum atomic E-state index is 11.0. The minimum Gasteiger partial charge on any atom is -0.481 e. The summed E-state index contributed by atoms with van der Waals surface area (Å²) in [6.45, 7) is 6.10. The van der Waals surface area contributed by atoms with Gasteiger partial charge in [0, 0.05) is 6.42 Å². The van der Waals surface area contributed by atoms with Crippen LogP contribution in [0, 0.1) is 11.5 Å². The molecule has 0 aliphatic carbocycles. The van der Waals surface area contributed by atoms with Gasteiger partial charge in [-0.05, 0) is 5.92 Å². The van der Waals surface area contributed by atoms with Crippen LogP contribution in [0.4, 0.5) is 0 Å². The fraction of sp³-hybridized carbons (Fsp3) is 0.556. The van der Waals surface area contributed by atoms with Crippen LogP contribution in [-0.2, 0) is 9.59 Å². The third-order valence-electron chi connectivity index (χ3n) is 1.14. The summed E-state index contributed by atoms with van der Waals surface area (Å²) in [7, 11) is -1.51. The van der Waals surface area contributed by atoms with Gasteiger partial charge < -0.3 is 5.11 Å². The van der Waals surface area contributed by atoms with Gasteiger partial charge in [0.2, 0.25) is 5.78 Å². The number of carboxylic acid groups (broad SMARTS) is 1. The first-order chi connectivity index (χ1) is 5.81. The van der Waals surface area contributed by atoms with Crippen LogP contribution in [0.2, 0.25) is 19.6 Å². The van der Waals surface area contributed by atoms with Crippen LogP contribution in [0.5, 0.6) is 0 Å². The number of hydrogen-bond acceptors (Lipinski definition) is 2. The van der Waals surface area contributed by atoms with Crippen LogP contribution in [0.15, 0.2) is 0 Å². The van der Waals surface area contributed by atoms with Crippen molar-refractivity contribution in [1.82, 2.24) is 0 Å². The highest BCUT2D eigenvalue weighted by Gasteiger charge is 2.09. The lowest BCUT2D eigenvalue weighted by atomic mass is 10.2. The van der Waals surface area contributed by atoms with E-state index in [1.807, 2.05) is 19.6 Å². The van der Waals surface area contributed by atoms with Crippen LogP contribution in [-0.4, -0.2) is 24.9 Å². The number of carboxylic acids is 1. The topological polar surface area (TPSA) is 54.4 Å². The van der Waals surface area contributed by atoms with Crippen molar-refractivity contribution in [3.63, 3.8) is 0 Å². The Balaban J connectivity index is 3.99. The Hall–Kier alpha value is -1.08. The molecule has 0 atom stereocenters. The van der Waals surface area contributed by atoms with Gasteiger partial charge in [0.15, 0.2) is 0 Å². The Morgan fingerprint density at radius 1 is 1.23 bits per heavy atom. The number of rotatable bonds is 3. The standard InChI is InChI=1S/C9H14O3Si/c1-13(2,3)7-6-8(10)4-5-9(11)12/h4-5H2,1-3H3,(H,11,12). The van der Waals surface area contributed by atoms with E-state index in [2.05, 4.69) is 11.5 Å². The van der Waals surface area contributed by atoms with E-state index >= 15 is 0 Å². The first kappa shape index (κ1) is 11.9. The van der Waals surface area contributed by atoms with E-state index in [9.17, 15) is 9.59 Å². The van der Waals surface area contributed by atoms with Crippen LogP contribution in [0.3, 0.4) is 0 Å². The molecular weight excluding hydrogens is 184 g/mol. The van der Waals surface area contributed by atoms with Gasteiger partial charge in [0.05, 0.1) is 6.42 Å². The number of carbonyl (C=O) groups is 2.